The minimum absolute atomic E-state index is 0.0536. The Bertz CT molecular complexity index is 1310. The van der Waals surface area contributed by atoms with Crippen LogP contribution in [0, 0.1) is 15.9 Å². The number of nitro groups is 1. The molecule has 0 unspecified atom stereocenters. The summed E-state index contributed by atoms with van der Waals surface area (Å²) in [5, 5.41) is 11.6. The van der Waals surface area contributed by atoms with E-state index in [1.165, 1.54) is 37.5 Å². The van der Waals surface area contributed by atoms with Crippen LogP contribution < -0.4 is 4.74 Å². The highest BCUT2D eigenvalue weighted by Gasteiger charge is 2.20. The molecule has 1 fully saturated rings. The van der Waals surface area contributed by atoms with Gasteiger partial charge in [0, 0.05) is 24.7 Å². The van der Waals surface area contributed by atoms with E-state index in [-0.39, 0.29) is 11.5 Å². The molecular weight excluding hydrogens is 447 g/mol. The highest BCUT2D eigenvalue weighted by atomic mass is 19.1. The van der Waals surface area contributed by atoms with Gasteiger partial charge in [0.2, 0.25) is 0 Å². The maximum absolute atomic E-state index is 13.5. The van der Waals surface area contributed by atoms with Gasteiger partial charge in [-0.15, -0.1) is 0 Å². The van der Waals surface area contributed by atoms with Crippen LogP contribution in [0.2, 0.25) is 0 Å². The fourth-order valence-corrected chi connectivity index (χ4v) is 4.61. The second kappa shape index (κ2) is 10.2. The van der Waals surface area contributed by atoms with E-state index in [0.717, 1.165) is 30.9 Å². The predicted molar refractivity (Wildman–Crippen MR) is 133 cm³/mol. The van der Waals surface area contributed by atoms with Gasteiger partial charge >= 0.3 is 0 Å². The molecule has 8 heteroatoms. The lowest BCUT2D eigenvalue weighted by Crippen LogP contribution is -2.33. The van der Waals surface area contributed by atoms with Gasteiger partial charge in [0.25, 0.3) is 5.69 Å². The molecule has 35 heavy (non-hydrogen) atoms. The van der Waals surface area contributed by atoms with Gasteiger partial charge in [0.15, 0.2) is 5.52 Å². The van der Waals surface area contributed by atoms with Gasteiger partial charge in [0.05, 0.1) is 10.4 Å². The third-order valence-corrected chi connectivity index (χ3v) is 6.45. The molecule has 0 radical (unpaired) electrons. The van der Waals surface area contributed by atoms with Gasteiger partial charge in [0.1, 0.15) is 24.0 Å². The number of nitrogens with zero attached hydrogens (tertiary/aromatic N) is 4. The number of ether oxygens (including phenoxy) is 1. The van der Waals surface area contributed by atoms with Crippen LogP contribution in [0.3, 0.4) is 0 Å². The molecule has 5 rings (SSSR count). The topological polar surface area (TPSA) is 73.4 Å². The standard InChI is InChI=1S/C27H27FN4O3/c28-22-11-9-21(10-12-22)27-29-26-24(5-4-6-25(26)32(33)34)31(27)19-20-7-13-23(14-8-20)35-18-17-30-15-2-1-3-16-30/h4-14H,1-3,15-19H2. The Labute approximate surface area is 202 Å². The maximum Gasteiger partial charge on any atom is 0.297 e. The Balaban J connectivity index is 1.38. The number of hydrogen-bond donors (Lipinski definition) is 0. The van der Waals surface area contributed by atoms with Crippen LogP contribution in [0.4, 0.5) is 10.1 Å². The number of piperidine rings is 1. The monoisotopic (exact) mass is 474 g/mol. The van der Waals surface area contributed by atoms with Gasteiger partial charge in [-0.1, -0.05) is 24.6 Å². The molecule has 0 aliphatic carbocycles. The summed E-state index contributed by atoms with van der Waals surface area (Å²) < 4.78 is 21.4. The van der Waals surface area contributed by atoms with Crippen LogP contribution >= 0.6 is 0 Å². The van der Waals surface area contributed by atoms with Gasteiger partial charge in [-0.3, -0.25) is 15.0 Å². The lowest BCUT2D eigenvalue weighted by molar-refractivity contribution is -0.383. The molecule has 0 saturated carbocycles. The van der Waals surface area contributed by atoms with E-state index in [4.69, 9.17) is 4.74 Å². The molecule has 0 bridgehead atoms. The Kier molecular flexibility index (Phi) is 6.72. The average Bonchev–Trinajstić information content (AvgIpc) is 3.24. The first-order valence-corrected chi connectivity index (χ1v) is 11.9. The summed E-state index contributed by atoms with van der Waals surface area (Å²) in [6.07, 6.45) is 3.85. The van der Waals surface area contributed by atoms with E-state index in [1.807, 2.05) is 34.9 Å². The molecule has 1 aromatic heterocycles. The molecule has 1 aliphatic heterocycles. The quantitative estimate of drug-likeness (QED) is 0.243. The molecular formula is C27H27FN4O3. The first kappa shape index (κ1) is 23.0. The van der Waals surface area contributed by atoms with E-state index >= 15 is 0 Å². The van der Waals surface area contributed by atoms with Crippen LogP contribution in [0.1, 0.15) is 24.8 Å². The molecule has 1 saturated heterocycles. The maximum atomic E-state index is 13.5. The molecule has 2 heterocycles. The molecule has 1 aliphatic rings. The number of fused-ring (bicyclic) bond motifs is 1. The van der Waals surface area contributed by atoms with E-state index in [1.54, 1.807) is 18.2 Å². The SMILES string of the molecule is O=[N+]([O-])c1cccc2c1nc(-c1ccc(F)cc1)n2Cc1ccc(OCCN2CCCCC2)cc1. The van der Waals surface area contributed by atoms with Gasteiger partial charge in [-0.05, 0) is 74.0 Å². The lowest BCUT2D eigenvalue weighted by atomic mass is 10.1. The third kappa shape index (κ3) is 5.17. The van der Waals surface area contributed by atoms with Gasteiger partial charge < -0.3 is 9.30 Å². The summed E-state index contributed by atoms with van der Waals surface area (Å²) in [5.41, 5.74) is 2.61. The van der Waals surface area contributed by atoms with Crippen molar-refractivity contribution in [1.29, 1.82) is 0 Å². The Hall–Kier alpha value is -3.78. The number of nitro benzene ring substituents is 1. The molecule has 0 N–H and O–H groups in total. The number of likely N-dealkylation sites (tertiary alicyclic amines) is 1. The summed E-state index contributed by atoms with van der Waals surface area (Å²) in [4.78, 5) is 18.2. The van der Waals surface area contributed by atoms with Crippen molar-refractivity contribution in [1.82, 2.24) is 14.5 Å². The number of halogens is 1. The molecule has 0 atom stereocenters. The van der Waals surface area contributed by atoms with Crippen molar-refractivity contribution in [3.05, 3.63) is 88.2 Å². The number of aromatic nitrogens is 2. The Morgan fingerprint density at radius 2 is 1.71 bits per heavy atom. The molecule has 0 spiro atoms. The molecule has 4 aromatic rings. The summed E-state index contributed by atoms with van der Waals surface area (Å²) in [6.45, 7) is 4.34. The van der Waals surface area contributed by atoms with Crippen molar-refractivity contribution in [2.75, 3.05) is 26.2 Å². The zero-order valence-electron chi connectivity index (χ0n) is 19.4. The van der Waals surface area contributed by atoms with Crippen molar-refractivity contribution in [3.63, 3.8) is 0 Å². The number of imidazole rings is 1. The van der Waals surface area contributed by atoms with Gasteiger partial charge in [-0.2, -0.15) is 0 Å². The van der Waals surface area contributed by atoms with Crippen LogP contribution in [-0.2, 0) is 6.54 Å². The lowest BCUT2D eigenvalue weighted by Gasteiger charge is -2.26. The van der Waals surface area contributed by atoms with Crippen molar-refractivity contribution in [2.45, 2.75) is 25.8 Å². The van der Waals surface area contributed by atoms with Crippen LogP contribution in [-0.4, -0.2) is 45.6 Å². The number of benzene rings is 3. The number of para-hydroxylation sites is 1. The second-order valence-electron chi connectivity index (χ2n) is 8.83. The first-order chi connectivity index (χ1) is 17.1. The zero-order valence-corrected chi connectivity index (χ0v) is 19.4. The highest BCUT2D eigenvalue weighted by Crippen LogP contribution is 2.31. The van der Waals surface area contributed by atoms with E-state index in [0.29, 0.717) is 35.6 Å². The van der Waals surface area contributed by atoms with Crippen molar-refractivity contribution in [3.8, 4) is 17.1 Å². The number of rotatable bonds is 8. The van der Waals surface area contributed by atoms with Crippen LogP contribution in [0.5, 0.6) is 5.75 Å². The number of hydrogen-bond acceptors (Lipinski definition) is 5. The van der Waals surface area contributed by atoms with E-state index in [2.05, 4.69) is 9.88 Å². The van der Waals surface area contributed by atoms with E-state index in [9.17, 15) is 14.5 Å². The van der Waals surface area contributed by atoms with Crippen molar-refractivity contribution < 1.29 is 14.1 Å². The Morgan fingerprint density at radius 3 is 2.43 bits per heavy atom. The average molecular weight is 475 g/mol. The first-order valence-electron chi connectivity index (χ1n) is 11.9. The second-order valence-corrected chi connectivity index (χ2v) is 8.83. The van der Waals surface area contributed by atoms with Crippen molar-refractivity contribution >= 4 is 16.7 Å². The predicted octanol–water partition coefficient (Wildman–Crippen LogP) is 5.66. The minimum atomic E-state index is -0.426. The fourth-order valence-electron chi connectivity index (χ4n) is 4.61. The molecule has 180 valence electrons. The molecule has 0 amide bonds. The zero-order chi connectivity index (χ0) is 24.2. The molecule has 3 aromatic carbocycles. The smallest absolute Gasteiger partial charge is 0.297 e. The van der Waals surface area contributed by atoms with Gasteiger partial charge in [-0.25, -0.2) is 9.37 Å². The fraction of sp³-hybridized carbons (Fsp3) is 0.296. The summed E-state index contributed by atoms with van der Waals surface area (Å²) in [6, 6.07) is 18.8. The largest absolute Gasteiger partial charge is 0.492 e. The minimum Gasteiger partial charge on any atom is -0.492 e. The summed E-state index contributed by atoms with van der Waals surface area (Å²) >= 11 is 0. The Morgan fingerprint density at radius 1 is 0.971 bits per heavy atom. The van der Waals surface area contributed by atoms with Crippen LogP contribution in [0.25, 0.3) is 22.4 Å². The van der Waals surface area contributed by atoms with E-state index < -0.39 is 4.92 Å². The normalized spacial score (nSPS) is 14.3. The van der Waals surface area contributed by atoms with Crippen LogP contribution in [0.15, 0.2) is 66.7 Å². The molecule has 7 nitrogen and oxygen atoms in total. The highest BCUT2D eigenvalue weighted by molar-refractivity contribution is 5.88. The number of non-ortho nitro benzene ring substituents is 1. The summed E-state index contributed by atoms with van der Waals surface area (Å²) in [5.74, 6) is 1.02. The van der Waals surface area contributed by atoms with Crippen molar-refractivity contribution in [2.24, 2.45) is 0 Å². The third-order valence-electron chi connectivity index (χ3n) is 6.45. The summed E-state index contributed by atoms with van der Waals surface area (Å²) in [7, 11) is 0.